The highest BCUT2D eigenvalue weighted by Crippen LogP contribution is 2.37. The highest BCUT2D eigenvalue weighted by molar-refractivity contribution is 5.64. The van der Waals surface area contributed by atoms with Gasteiger partial charge in [0.05, 0.1) is 0 Å². The normalized spacial score (nSPS) is 21.8. The van der Waals surface area contributed by atoms with E-state index in [4.69, 9.17) is 0 Å². The fraction of sp³-hybridized carbons (Fsp3) is 0.368. The maximum atomic E-state index is 14.4. The van der Waals surface area contributed by atoms with E-state index in [1.165, 1.54) is 18.2 Å². The summed E-state index contributed by atoms with van der Waals surface area (Å²) < 4.78 is 41.2. The first-order chi connectivity index (χ1) is 10.5. The summed E-state index contributed by atoms with van der Waals surface area (Å²) in [6.07, 6.45) is 4.25. The van der Waals surface area contributed by atoms with Gasteiger partial charge in [-0.05, 0) is 54.0 Å². The Kier molecular flexibility index (Phi) is 4.23. The van der Waals surface area contributed by atoms with Crippen molar-refractivity contribution in [2.75, 3.05) is 0 Å². The molecule has 0 aromatic heterocycles. The molecule has 1 saturated carbocycles. The zero-order chi connectivity index (χ0) is 15.7. The minimum atomic E-state index is -0.668. The van der Waals surface area contributed by atoms with Gasteiger partial charge in [-0.1, -0.05) is 31.9 Å². The summed E-state index contributed by atoms with van der Waals surface area (Å²) in [6.45, 7) is 2.23. The Labute approximate surface area is 129 Å². The molecule has 3 heteroatoms. The van der Waals surface area contributed by atoms with E-state index in [-0.39, 0.29) is 17.3 Å². The van der Waals surface area contributed by atoms with E-state index in [9.17, 15) is 13.2 Å². The van der Waals surface area contributed by atoms with Gasteiger partial charge in [0.25, 0.3) is 0 Å². The van der Waals surface area contributed by atoms with Gasteiger partial charge in [0.1, 0.15) is 17.5 Å². The molecule has 2 aromatic carbocycles. The lowest BCUT2D eigenvalue weighted by atomic mass is 9.79. The molecule has 1 aliphatic carbocycles. The lowest BCUT2D eigenvalue weighted by molar-refractivity contribution is 0.342. The molecule has 0 aliphatic heterocycles. The molecule has 0 spiro atoms. The quantitative estimate of drug-likeness (QED) is 0.632. The van der Waals surface area contributed by atoms with E-state index in [1.807, 2.05) is 0 Å². The lowest BCUT2D eigenvalue weighted by Gasteiger charge is -2.26. The van der Waals surface area contributed by atoms with Crippen LogP contribution in [0.5, 0.6) is 0 Å². The maximum Gasteiger partial charge on any atom is 0.133 e. The monoisotopic (exact) mass is 304 g/mol. The highest BCUT2D eigenvalue weighted by Gasteiger charge is 2.22. The Balaban J connectivity index is 1.89. The van der Waals surface area contributed by atoms with Gasteiger partial charge >= 0.3 is 0 Å². The fourth-order valence-electron chi connectivity index (χ4n) is 3.32. The van der Waals surface area contributed by atoms with Crippen LogP contribution in [-0.4, -0.2) is 0 Å². The highest BCUT2D eigenvalue weighted by atomic mass is 19.1. The second-order valence-corrected chi connectivity index (χ2v) is 6.32. The Morgan fingerprint density at radius 3 is 2.18 bits per heavy atom. The molecule has 0 amide bonds. The predicted octanol–water partition coefficient (Wildman–Crippen LogP) is 6.06. The second-order valence-electron chi connectivity index (χ2n) is 6.32. The third-order valence-electron chi connectivity index (χ3n) is 4.70. The fourth-order valence-corrected chi connectivity index (χ4v) is 3.32. The molecule has 3 rings (SSSR count). The van der Waals surface area contributed by atoms with Crippen LogP contribution in [-0.2, 0) is 0 Å². The largest absolute Gasteiger partial charge is 0.207 e. The minimum absolute atomic E-state index is 0.226. The number of halogens is 3. The van der Waals surface area contributed by atoms with E-state index < -0.39 is 11.6 Å². The van der Waals surface area contributed by atoms with Crippen molar-refractivity contribution < 1.29 is 13.2 Å². The van der Waals surface area contributed by atoms with E-state index in [0.717, 1.165) is 37.3 Å². The van der Waals surface area contributed by atoms with Gasteiger partial charge in [-0.25, -0.2) is 13.2 Å². The Bertz CT molecular complexity index is 670. The molecule has 0 saturated heterocycles. The van der Waals surface area contributed by atoms with Crippen LogP contribution in [0.4, 0.5) is 13.2 Å². The molecule has 0 N–H and O–H groups in total. The van der Waals surface area contributed by atoms with E-state index in [1.54, 1.807) is 12.1 Å². The summed E-state index contributed by atoms with van der Waals surface area (Å²) in [7, 11) is 0. The smallest absolute Gasteiger partial charge is 0.133 e. The molecule has 0 nitrogen and oxygen atoms in total. The second kappa shape index (κ2) is 6.15. The zero-order valence-electron chi connectivity index (χ0n) is 12.6. The maximum absolute atomic E-state index is 14.4. The van der Waals surface area contributed by atoms with Crippen molar-refractivity contribution in [1.29, 1.82) is 0 Å². The minimum Gasteiger partial charge on any atom is -0.207 e. The first-order valence-corrected chi connectivity index (χ1v) is 7.79. The van der Waals surface area contributed by atoms with Gasteiger partial charge in [-0.15, -0.1) is 0 Å². The van der Waals surface area contributed by atoms with Crippen molar-refractivity contribution in [3.05, 3.63) is 59.4 Å². The molecule has 0 bridgehead atoms. The van der Waals surface area contributed by atoms with Crippen LogP contribution in [0.2, 0.25) is 0 Å². The van der Waals surface area contributed by atoms with E-state index >= 15 is 0 Å². The molecular formula is C19H19F3. The summed E-state index contributed by atoms with van der Waals surface area (Å²) in [5, 5.41) is 0. The molecule has 1 fully saturated rings. The van der Waals surface area contributed by atoms with Crippen molar-refractivity contribution >= 4 is 0 Å². The topological polar surface area (TPSA) is 0 Å². The summed E-state index contributed by atoms with van der Waals surface area (Å²) >= 11 is 0. The van der Waals surface area contributed by atoms with Crippen LogP contribution >= 0.6 is 0 Å². The number of hydrogen-bond acceptors (Lipinski definition) is 0. The van der Waals surface area contributed by atoms with Gasteiger partial charge in [-0.3, -0.25) is 0 Å². The van der Waals surface area contributed by atoms with Crippen molar-refractivity contribution in [2.24, 2.45) is 5.92 Å². The average molecular weight is 304 g/mol. The summed E-state index contributed by atoms with van der Waals surface area (Å²) in [5.74, 6) is -0.621. The van der Waals surface area contributed by atoms with Crippen LogP contribution in [0.15, 0.2) is 36.4 Å². The number of benzene rings is 2. The van der Waals surface area contributed by atoms with Crippen LogP contribution in [0.25, 0.3) is 11.1 Å². The predicted molar refractivity (Wildman–Crippen MR) is 82.1 cm³/mol. The van der Waals surface area contributed by atoms with Gasteiger partial charge in [0, 0.05) is 11.6 Å². The third kappa shape index (κ3) is 3.03. The number of rotatable bonds is 2. The zero-order valence-corrected chi connectivity index (χ0v) is 12.6. The van der Waals surface area contributed by atoms with Crippen LogP contribution < -0.4 is 0 Å². The molecule has 0 radical (unpaired) electrons. The van der Waals surface area contributed by atoms with Crippen molar-refractivity contribution in [1.82, 2.24) is 0 Å². The van der Waals surface area contributed by atoms with Crippen LogP contribution in [0.3, 0.4) is 0 Å². The molecule has 0 unspecified atom stereocenters. The number of hydrogen-bond donors (Lipinski definition) is 0. The average Bonchev–Trinajstić information content (AvgIpc) is 2.48. The summed E-state index contributed by atoms with van der Waals surface area (Å²) in [6, 6.07) is 8.21. The SMILES string of the molecule is CC1CCC(c2ccc(-c3ccc(F)cc3F)cc2F)CC1. The van der Waals surface area contributed by atoms with Gasteiger partial charge < -0.3 is 0 Å². The molecule has 0 atom stereocenters. The van der Waals surface area contributed by atoms with Gasteiger partial charge in [0.15, 0.2) is 0 Å². The Hall–Kier alpha value is -1.77. The molecule has 116 valence electrons. The molecule has 0 heterocycles. The molecular weight excluding hydrogens is 285 g/mol. The van der Waals surface area contributed by atoms with Crippen molar-refractivity contribution in [2.45, 2.75) is 38.5 Å². The van der Waals surface area contributed by atoms with E-state index in [0.29, 0.717) is 11.5 Å². The Morgan fingerprint density at radius 2 is 1.55 bits per heavy atom. The first kappa shape index (κ1) is 15.1. The molecule has 22 heavy (non-hydrogen) atoms. The first-order valence-electron chi connectivity index (χ1n) is 7.79. The van der Waals surface area contributed by atoms with Crippen molar-refractivity contribution in [3.8, 4) is 11.1 Å². The standard InChI is InChI=1S/C19H19F3/c1-12-2-4-13(5-3-12)16-8-6-14(10-18(16)21)17-9-7-15(20)11-19(17)22/h6-13H,2-5H2,1H3. The van der Waals surface area contributed by atoms with Crippen molar-refractivity contribution in [3.63, 3.8) is 0 Å². The third-order valence-corrected chi connectivity index (χ3v) is 4.70. The van der Waals surface area contributed by atoms with Gasteiger partial charge in [0.2, 0.25) is 0 Å². The molecule has 2 aromatic rings. The molecule has 1 aliphatic rings. The summed E-state index contributed by atoms with van der Waals surface area (Å²) in [5.41, 5.74) is 1.39. The van der Waals surface area contributed by atoms with Gasteiger partial charge in [-0.2, -0.15) is 0 Å². The Morgan fingerprint density at radius 1 is 0.818 bits per heavy atom. The lowest BCUT2D eigenvalue weighted by Crippen LogP contribution is -2.12. The van der Waals surface area contributed by atoms with E-state index in [2.05, 4.69) is 6.92 Å². The van der Waals surface area contributed by atoms with Crippen LogP contribution in [0, 0.1) is 23.4 Å². The summed E-state index contributed by atoms with van der Waals surface area (Å²) in [4.78, 5) is 0. The van der Waals surface area contributed by atoms with Crippen LogP contribution in [0.1, 0.15) is 44.1 Å².